The number of benzene rings is 1. The first kappa shape index (κ1) is 21.1. The molecule has 0 spiro atoms. The fraction of sp³-hybridized carbons (Fsp3) is 0.435. The molecule has 2 atom stereocenters. The molecule has 0 unspecified atom stereocenters. The summed E-state index contributed by atoms with van der Waals surface area (Å²) in [6, 6.07) is 6.27. The maximum absolute atomic E-state index is 12.1. The molecule has 3 aromatic rings. The van der Waals surface area contributed by atoms with Crippen LogP contribution in [0.4, 0.5) is 17.5 Å². The van der Waals surface area contributed by atoms with E-state index in [1.165, 1.54) is 17.5 Å². The number of nitrogens with one attached hydrogen (secondary N) is 2. The molecule has 2 heterocycles. The lowest BCUT2D eigenvalue weighted by Gasteiger charge is -2.29. The molecule has 6 N–H and O–H groups in total. The van der Waals surface area contributed by atoms with E-state index in [9.17, 15) is 4.79 Å². The largest absolute Gasteiger partial charge is 0.365 e. The summed E-state index contributed by atoms with van der Waals surface area (Å²) in [5.74, 6) is 0.263. The van der Waals surface area contributed by atoms with Crippen molar-refractivity contribution in [2.75, 3.05) is 10.6 Å². The van der Waals surface area contributed by atoms with Crippen molar-refractivity contribution in [2.45, 2.75) is 58.0 Å². The number of hydrogen-bond acceptors (Lipinski definition) is 6. The molecule has 1 aromatic carbocycles. The number of primary amides is 1. The Hall–Kier alpha value is -3.13. The molecule has 0 saturated heterocycles. The van der Waals surface area contributed by atoms with Gasteiger partial charge in [-0.15, -0.1) is 0 Å². The summed E-state index contributed by atoms with van der Waals surface area (Å²) < 4.78 is 2.21. The first-order chi connectivity index (χ1) is 14.9. The maximum atomic E-state index is 12.1. The van der Waals surface area contributed by atoms with Gasteiger partial charge in [-0.2, -0.15) is 4.98 Å². The summed E-state index contributed by atoms with van der Waals surface area (Å²) in [5.41, 5.74) is 16.6. The first-order valence-electron chi connectivity index (χ1n) is 10.9. The molecule has 0 radical (unpaired) electrons. The smallest absolute Gasteiger partial charge is 0.254 e. The van der Waals surface area contributed by atoms with Crippen LogP contribution in [0, 0.1) is 6.92 Å². The topological polar surface area (TPSA) is 124 Å². The van der Waals surface area contributed by atoms with Gasteiger partial charge in [0.05, 0.1) is 5.52 Å². The average molecular weight is 422 g/mol. The Labute approximate surface area is 182 Å². The second-order valence-corrected chi connectivity index (χ2v) is 8.33. The van der Waals surface area contributed by atoms with Gasteiger partial charge < -0.3 is 26.7 Å². The van der Waals surface area contributed by atoms with Crippen LogP contribution >= 0.6 is 0 Å². The molecular formula is C23H31N7O. The molecule has 1 amide bonds. The molecule has 1 saturated carbocycles. The van der Waals surface area contributed by atoms with E-state index in [0.29, 0.717) is 11.8 Å². The molecule has 164 valence electrons. The Morgan fingerprint density at radius 2 is 2.06 bits per heavy atom. The number of carbonyl (C=O) groups excluding carboxylic acids is 1. The summed E-state index contributed by atoms with van der Waals surface area (Å²) in [5, 5.41) is 7.82. The number of nitrogens with two attached hydrogens (primary N) is 2. The molecule has 0 bridgehead atoms. The van der Waals surface area contributed by atoms with E-state index in [0.717, 1.165) is 48.7 Å². The molecule has 8 heteroatoms. The third-order valence-electron chi connectivity index (χ3n) is 6.39. The van der Waals surface area contributed by atoms with Gasteiger partial charge in [-0.3, -0.25) is 4.79 Å². The van der Waals surface area contributed by atoms with Crippen molar-refractivity contribution in [2.24, 2.45) is 18.5 Å². The summed E-state index contributed by atoms with van der Waals surface area (Å²) in [4.78, 5) is 21.0. The van der Waals surface area contributed by atoms with Crippen LogP contribution in [0.5, 0.6) is 0 Å². The standard InChI is InChI=1S/C23H31N7O/c1-4-18-13(2)20-17(10-7-11-19(20)30(18)3)27-22-14(21(25)31)12-26-23(29-22)28-16-9-6-5-8-15(16)24/h7,10-12,15-16H,4-6,8-9,24H2,1-3H3,(H2,25,31)(H2,26,27,28,29)/t15-,16+/m0/s1. The SMILES string of the molecule is CCc1c(C)c2c(Nc3nc(N[C@@H]4CCCC[C@@H]4N)ncc3C(N)=O)cccc2n1C. The second kappa shape index (κ2) is 8.55. The minimum absolute atomic E-state index is 0.0674. The minimum atomic E-state index is -0.574. The van der Waals surface area contributed by atoms with Crippen molar-refractivity contribution in [3.63, 3.8) is 0 Å². The van der Waals surface area contributed by atoms with Crippen LogP contribution in [0.2, 0.25) is 0 Å². The highest BCUT2D eigenvalue weighted by molar-refractivity contribution is 6.01. The number of hydrogen-bond donors (Lipinski definition) is 4. The Kier molecular flexibility index (Phi) is 5.82. The van der Waals surface area contributed by atoms with Crippen molar-refractivity contribution in [3.8, 4) is 0 Å². The number of carbonyl (C=O) groups is 1. The van der Waals surface area contributed by atoms with Crippen molar-refractivity contribution in [1.29, 1.82) is 0 Å². The van der Waals surface area contributed by atoms with Crippen LogP contribution in [0.15, 0.2) is 24.4 Å². The number of aromatic nitrogens is 3. The summed E-state index contributed by atoms with van der Waals surface area (Å²) in [6.07, 6.45) is 6.65. The molecule has 4 rings (SSSR count). The lowest BCUT2D eigenvalue weighted by Crippen LogP contribution is -2.43. The highest BCUT2D eigenvalue weighted by Gasteiger charge is 2.23. The van der Waals surface area contributed by atoms with Crippen LogP contribution in [0.1, 0.15) is 54.2 Å². The lowest BCUT2D eigenvalue weighted by molar-refractivity contribution is 0.100. The van der Waals surface area contributed by atoms with Gasteiger partial charge in [-0.25, -0.2) is 4.98 Å². The number of aryl methyl sites for hydroxylation is 2. The summed E-state index contributed by atoms with van der Waals surface area (Å²) in [7, 11) is 2.08. The van der Waals surface area contributed by atoms with Crippen LogP contribution < -0.4 is 22.1 Å². The third kappa shape index (κ3) is 3.95. The molecule has 1 aliphatic rings. The monoisotopic (exact) mass is 421 g/mol. The zero-order chi connectivity index (χ0) is 22.1. The number of rotatable bonds is 6. The van der Waals surface area contributed by atoms with E-state index in [2.05, 4.69) is 52.1 Å². The zero-order valence-corrected chi connectivity index (χ0v) is 18.4. The highest BCUT2D eigenvalue weighted by Crippen LogP contribution is 2.33. The van der Waals surface area contributed by atoms with Crippen LogP contribution in [-0.2, 0) is 13.5 Å². The minimum Gasteiger partial charge on any atom is -0.365 e. The number of anilines is 3. The quantitative estimate of drug-likeness (QED) is 0.484. The molecule has 1 fully saturated rings. The van der Waals surface area contributed by atoms with Crippen LogP contribution in [0.25, 0.3) is 10.9 Å². The van der Waals surface area contributed by atoms with Crippen molar-refractivity contribution < 1.29 is 4.79 Å². The van der Waals surface area contributed by atoms with Gasteiger partial charge in [0, 0.05) is 42.1 Å². The normalized spacial score (nSPS) is 18.8. The maximum Gasteiger partial charge on any atom is 0.254 e. The molecule has 1 aliphatic carbocycles. The Morgan fingerprint density at radius 3 is 2.77 bits per heavy atom. The van der Waals surface area contributed by atoms with Gasteiger partial charge in [-0.05, 0) is 43.9 Å². The second-order valence-electron chi connectivity index (χ2n) is 8.33. The van der Waals surface area contributed by atoms with E-state index in [1.807, 2.05) is 12.1 Å². The van der Waals surface area contributed by atoms with Crippen LogP contribution in [0.3, 0.4) is 0 Å². The third-order valence-corrected chi connectivity index (χ3v) is 6.39. The molecule has 8 nitrogen and oxygen atoms in total. The molecule has 0 aliphatic heterocycles. The number of nitrogens with zero attached hydrogens (tertiary/aromatic N) is 3. The summed E-state index contributed by atoms with van der Waals surface area (Å²) in [6.45, 7) is 4.27. The zero-order valence-electron chi connectivity index (χ0n) is 18.4. The van der Waals surface area contributed by atoms with E-state index >= 15 is 0 Å². The van der Waals surface area contributed by atoms with Crippen molar-refractivity contribution in [3.05, 3.63) is 41.2 Å². The van der Waals surface area contributed by atoms with Crippen molar-refractivity contribution >= 4 is 34.3 Å². The van der Waals surface area contributed by atoms with Crippen molar-refractivity contribution in [1.82, 2.24) is 14.5 Å². The highest BCUT2D eigenvalue weighted by atomic mass is 16.1. The Morgan fingerprint density at radius 1 is 1.29 bits per heavy atom. The predicted octanol–water partition coefficient (Wildman–Crippen LogP) is 3.36. The van der Waals surface area contributed by atoms with Gasteiger partial charge in [0.15, 0.2) is 0 Å². The lowest BCUT2D eigenvalue weighted by atomic mass is 9.91. The molecule has 2 aromatic heterocycles. The van der Waals surface area contributed by atoms with E-state index < -0.39 is 5.91 Å². The predicted molar refractivity (Wildman–Crippen MR) is 125 cm³/mol. The first-order valence-corrected chi connectivity index (χ1v) is 10.9. The fourth-order valence-corrected chi connectivity index (χ4v) is 4.72. The van der Waals surface area contributed by atoms with Crippen LogP contribution in [-0.4, -0.2) is 32.5 Å². The van der Waals surface area contributed by atoms with E-state index in [-0.39, 0.29) is 17.6 Å². The van der Waals surface area contributed by atoms with Gasteiger partial charge in [0.2, 0.25) is 5.95 Å². The van der Waals surface area contributed by atoms with E-state index in [4.69, 9.17) is 11.5 Å². The molecule has 31 heavy (non-hydrogen) atoms. The van der Waals surface area contributed by atoms with Gasteiger partial charge in [0.1, 0.15) is 11.4 Å². The number of amides is 1. The average Bonchev–Trinajstić information content (AvgIpc) is 3.00. The Balaban J connectivity index is 1.73. The number of fused-ring (bicyclic) bond motifs is 1. The summed E-state index contributed by atoms with van der Waals surface area (Å²) >= 11 is 0. The van der Waals surface area contributed by atoms with Gasteiger partial charge in [-0.1, -0.05) is 25.8 Å². The van der Waals surface area contributed by atoms with Gasteiger partial charge in [0.25, 0.3) is 5.91 Å². The van der Waals surface area contributed by atoms with Gasteiger partial charge >= 0.3 is 0 Å². The molecular weight excluding hydrogens is 390 g/mol. The Bertz CT molecular complexity index is 1120. The fourth-order valence-electron chi connectivity index (χ4n) is 4.72. The van der Waals surface area contributed by atoms with E-state index in [1.54, 1.807) is 0 Å².